The number of amides is 4. The zero-order chi connectivity index (χ0) is 34.0. The number of nitrogens with one attached hydrogen (secondary N) is 1. The predicted octanol–water partition coefficient (Wildman–Crippen LogP) is 5.90. The van der Waals surface area contributed by atoms with Crippen LogP contribution in [0.2, 0.25) is 0 Å². The Labute approximate surface area is 283 Å². The van der Waals surface area contributed by atoms with Gasteiger partial charge in [-0.15, -0.1) is 0 Å². The summed E-state index contributed by atoms with van der Waals surface area (Å²) in [5.41, 5.74) is 5.59. The normalized spacial score (nSPS) is 27.4. The SMILES string of the molecule is COc1ccc(C2C3=CCC4C(=O)N(c5ccccc5)C(=O)C4C3CC3C(=O)N(Nc4ccc(C)cc4)C(=O)C32c2ccccc2)c(O)c1. The van der Waals surface area contributed by atoms with Gasteiger partial charge >= 0.3 is 0 Å². The first-order valence-electron chi connectivity index (χ1n) is 16.5. The monoisotopic (exact) mass is 653 g/mol. The van der Waals surface area contributed by atoms with Gasteiger partial charge in [0.2, 0.25) is 11.8 Å². The van der Waals surface area contributed by atoms with E-state index in [1.54, 1.807) is 36.4 Å². The standard InChI is InChI=1S/C40H35N3O6/c1-23-13-15-25(16-14-23)41-43-37(46)32-22-31-28(19-20-30-34(31)38(47)42(36(30)45)26-11-7-4-8-12-26)35(29-18-17-27(49-2)21-33(29)44)40(32,39(43)48)24-9-5-3-6-10-24/h3-19,21,30-32,34-35,41,44H,20,22H2,1-2H3. The molecular weight excluding hydrogens is 618 g/mol. The number of anilines is 2. The van der Waals surface area contributed by atoms with Crippen molar-refractivity contribution in [2.24, 2.45) is 23.7 Å². The van der Waals surface area contributed by atoms with Crippen molar-refractivity contribution in [2.45, 2.75) is 31.1 Å². The first-order chi connectivity index (χ1) is 23.7. The van der Waals surface area contributed by atoms with Gasteiger partial charge in [-0.3, -0.25) is 29.5 Å². The van der Waals surface area contributed by atoms with Gasteiger partial charge in [0.15, 0.2) is 0 Å². The first kappa shape index (κ1) is 30.6. The summed E-state index contributed by atoms with van der Waals surface area (Å²) in [6, 6.07) is 30.5. The molecule has 6 unspecified atom stereocenters. The topological polar surface area (TPSA) is 116 Å². The number of phenolic OH excluding ortho intramolecular Hbond substituents is 1. The van der Waals surface area contributed by atoms with E-state index in [2.05, 4.69) is 5.43 Å². The smallest absolute Gasteiger partial charge is 0.260 e. The molecule has 4 aromatic carbocycles. The van der Waals surface area contributed by atoms with Crippen LogP contribution in [0.25, 0.3) is 0 Å². The van der Waals surface area contributed by atoms with Crippen molar-refractivity contribution >= 4 is 35.0 Å². The summed E-state index contributed by atoms with van der Waals surface area (Å²) < 4.78 is 5.41. The molecule has 4 aromatic rings. The molecular formula is C40H35N3O6. The van der Waals surface area contributed by atoms with Crippen LogP contribution < -0.4 is 15.1 Å². The van der Waals surface area contributed by atoms with Crippen molar-refractivity contribution in [3.05, 3.63) is 131 Å². The predicted molar refractivity (Wildman–Crippen MR) is 182 cm³/mol. The molecule has 4 amide bonds. The molecule has 2 saturated heterocycles. The van der Waals surface area contributed by atoms with Gasteiger partial charge in [-0.25, -0.2) is 0 Å². The quantitative estimate of drug-likeness (QED) is 0.197. The second-order valence-electron chi connectivity index (χ2n) is 13.4. The Kier molecular flexibility index (Phi) is 7.17. The molecule has 0 spiro atoms. The number of imide groups is 2. The molecule has 0 radical (unpaired) electrons. The lowest BCUT2D eigenvalue weighted by Crippen LogP contribution is -2.53. The highest BCUT2D eigenvalue weighted by molar-refractivity contribution is 6.22. The summed E-state index contributed by atoms with van der Waals surface area (Å²) in [5, 5.41) is 12.8. The molecule has 2 aliphatic heterocycles. The number of hydrogen-bond acceptors (Lipinski definition) is 7. The van der Waals surface area contributed by atoms with Gasteiger partial charge in [0, 0.05) is 17.5 Å². The molecule has 0 bridgehead atoms. The maximum absolute atomic E-state index is 15.2. The summed E-state index contributed by atoms with van der Waals surface area (Å²) in [4.78, 5) is 59.5. The van der Waals surface area contributed by atoms with Crippen LogP contribution in [0, 0.1) is 30.6 Å². The van der Waals surface area contributed by atoms with Gasteiger partial charge < -0.3 is 9.84 Å². The number of hydrazine groups is 1. The van der Waals surface area contributed by atoms with E-state index in [9.17, 15) is 19.5 Å². The Hall–Kier alpha value is -5.70. The minimum Gasteiger partial charge on any atom is -0.508 e. The molecule has 0 aromatic heterocycles. The van der Waals surface area contributed by atoms with Crippen LogP contribution in [-0.2, 0) is 24.6 Å². The molecule has 9 nitrogen and oxygen atoms in total. The van der Waals surface area contributed by atoms with E-state index in [-0.39, 0.29) is 24.0 Å². The van der Waals surface area contributed by atoms with Gasteiger partial charge in [0.05, 0.1) is 41.7 Å². The van der Waals surface area contributed by atoms with Crippen molar-refractivity contribution in [3.63, 3.8) is 0 Å². The number of aromatic hydroxyl groups is 1. The third kappa shape index (κ3) is 4.45. The van der Waals surface area contributed by atoms with Crippen LogP contribution >= 0.6 is 0 Å². The Morgan fingerprint density at radius 2 is 1.51 bits per heavy atom. The van der Waals surface area contributed by atoms with Gasteiger partial charge in [-0.1, -0.05) is 83.9 Å². The van der Waals surface area contributed by atoms with E-state index in [1.807, 2.05) is 73.7 Å². The molecule has 1 saturated carbocycles. The summed E-state index contributed by atoms with van der Waals surface area (Å²) in [6.07, 6.45) is 2.45. The Bertz CT molecular complexity index is 2030. The van der Waals surface area contributed by atoms with E-state index in [0.717, 1.165) is 16.1 Å². The number of benzene rings is 4. The number of nitrogens with zero attached hydrogens (tertiary/aromatic N) is 2. The number of carbonyl (C=O) groups is 4. The summed E-state index contributed by atoms with van der Waals surface area (Å²) in [7, 11) is 1.51. The highest BCUT2D eigenvalue weighted by Crippen LogP contribution is 2.65. The van der Waals surface area contributed by atoms with Crippen LogP contribution in [0.15, 0.2) is 115 Å². The molecule has 9 heteroatoms. The molecule has 246 valence electrons. The lowest BCUT2D eigenvalue weighted by Gasteiger charge is -2.50. The molecule has 3 fully saturated rings. The fourth-order valence-electron chi connectivity index (χ4n) is 8.82. The van der Waals surface area contributed by atoms with E-state index >= 15 is 4.79 Å². The minimum absolute atomic E-state index is 0.0907. The molecule has 6 atom stereocenters. The van der Waals surface area contributed by atoms with E-state index in [1.165, 1.54) is 18.1 Å². The summed E-state index contributed by atoms with van der Waals surface area (Å²) in [6.45, 7) is 1.96. The number of methoxy groups -OCH3 is 1. The Morgan fingerprint density at radius 3 is 2.18 bits per heavy atom. The van der Waals surface area contributed by atoms with Crippen LogP contribution in [0.3, 0.4) is 0 Å². The zero-order valence-corrected chi connectivity index (χ0v) is 27.1. The number of phenols is 1. The number of para-hydroxylation sites is 1. The number of ether oxygens (including phenoxy) is 1. The van der Waals surface area contributed by atoms with Crippen LogP contribution in [0.4, 0.5) is 11.4 Å². The number of aryl methyl sites for hydroxylation is 1. The Balaban J connectivity index is 1.33. The van der Waals surface area contributed by atoms with Crippen molar-refractivity contribution in [1.29, 1.82) is 0 Å². The third-order valence-electron chi connectivity index (χ3n) is 11.0. The maximum Gasteiger partial charge on any atom is 0.260 e. The fourth-order valence-corrected chi connectivity index (χ4v) is 8.82. The Morgan fingerprint density at radius 1 is 0.816 bits per heavy atom. The minimum atomic E-state index is -1.47. The second kappa shape index (κ2) is 11.5. The highest BCUT2D eigenvalue weighted by atomic mass is 16.5. The number of carbonyl (C=O) groups excluding carboxylic acids is 4. The lowest BCUT2D eigenvalue weighted by atomic mass is 9.49. The molecule has 4 aliphatic rings. The van der Waals surface area contributed by atoms with Gasteiger partial charge in [-0.2, -0.15) is 5.01 Å². The van der Waals surface area contributed by atoms with Crippen LogP contribution in [0.5, 0.6) is 11.5 Å². The molecule has 2 heterocycles. The zero-order valence-electron chi connectivity index (χ0n) is 27.1. The van der Waals surface area contributed by atoms with E-state index < -0.39 is 46.8 Å². The van der Waals surface area contributed by atoms with Crippen molar-refractivity contribution < 1.29 is 29.0 Å². The van der Waals surface area contributed by atoms with E-state index in [0.29, 0.717) is 34.7 Å². The van der Waals surface area contributed by atoms with E-state index in [4.69, 9.17) is 4.74 Å². The summed E-state index contributed by atoms with van der Waals surface area (Å²) >= 11 is 0. The highest BCUT2D eigenvalue weighted by Gasteiger charge is 2.70. The number of hydrogen-bond donors (Lipinski definition) is 2. The molecule has 8 rings (SSSR count). The number of fused-ring (bicyclic) bond motifs is 4. The largest absolute Gasteiger partial charge is 0.508 e. The molecule has 2 aliphatic carbocycles. The first-order valence-corrected chi connectivity index (χ1v) is 16.5. The molecule has 49 heavy (non-hydrogen) atoms. The average molecular weight is 654 g/mol. The fraction of sp³-hybridized carbons (Fsp3) is 0.250. The van der Waals surface area contributed by atoms with Gasteiger partial charge in [0.1, 0.15) is 11.5 Å². The van der Waals surface area contributed by atoms with Crippen molar-refractivity contribution in [1.82, 2.24) is 5.01 Å². The number of rotatable bonds is 6. The second-order valence-corrected chi connectivity index (χ2v) is 13.4. The number of allylic oxidation sites excluding steroid dienone is 2. The maximum atomic E-state index is 15.2. The van der Waals surface area contributed by atoms with Crippen LogP contribution in [0.1, 0.15) is 35.4 Å². The van der Waals surface area contributed by atoms with Crippen LogP contribution in [-0.4, -0.2) is 40.9 Å². The van der Waals surface area contributed by atoms with Crippen molar-refractivity contribution in [3.8, 4) is 11.5 Å². The summed E-state index contributed by atoms with van der Waals surface area (Å²) in [5.74, 6) is -4.73. The van der Waals surface area contributed by atoms with Gasteiger partial charge in [-0.05, 0) is 61.6 Å². The third-order valence-corrected chi connectivity index (χ3v) is 11.0. The van der Waals surface area contributed by atoms with Gasteiger partial charge in [0.25, 0.3) is 11.8 Å². The molecule has 2 N–H and O–H groups in total. The van der Waals surface area contributed by atoms with Crippen molar-refractivity contribution in [2.75, 3.05) is 17.4 Å². The average Bonchev–Trinajstić information content (AvgIpc) is 3.50. The lowest BCUT2D eigenvalue weighted by molar-refractivity contribution is -0.138.